The van der Waals surface area contributed by atoms with Gasteiger partial charge in [0.25, 0.3) is 5.91 Å². The van der Waals surface area contributed by atoms with Crippen LogP contribution in [0, 0.1) is 0 Å². The molecule has 5 nitrogen and oxygen atoms in total. The number of rotatable bonds is 5. The first-order valence-electron chi connectivity index (χ1n) is 7.76. The number of phenols is 1. The molecule has 0 bridgehead atoms. The van der Waals surface area contributed by atoms with Crippen LogP contribution in [0.2, 0.25) is 0 Å². The molecule has 0 spiro atoms. The van der Waals surface area contributed by atoms with Crippen molar-refractivity contribution in [2.45, 2.75) is 12.5 Å². The molecule has 1 aliphatic rings. The summed E-state index contributed by atoms with van der Waals surface area (Å²) in [5, 5.41) is 21.0. The van der Waals surface area contributed by atoms with E-state index in [1.54, 1.807) is 42.5 Å². The fraction of sp³-hybridized carbons (Fsp3) is 0.105. The lowest BCUT2D eigenvalue weighted by atomic mass is 10.0. The number of hydrogen-bond acceptors (Lipinski definition) is 6. The fourth-order valence-corrected chi connectivity index (χ4v) is 3.94. The van der Waals surface area contributed by atoms with Crippen molar-refractivity contribution in [3.05, 3.63) is 70.6 Å². The van der Waals surface area contributed by atoms with Crippen LogP contribution in [0.5, 0.6) is 5.75 Å². The minimum Gasteiger partial charge on any atom is -0.548 e. The molecule has 1 N–H and O–H groups in total. The highest BCUT2D eigenvalue weighted by Crippen LogP contribution is 2.34. The SMILES string of the molecule is O=C([O-])[C@@H](Cc1ccccc1)N1C(=O)/C(=C/c2ccc(O)cc2)SC1=S. The highest BCUT2D eigenvalue weighted by Gasteiger charge is 2.37. The highest BCUT2D eigenvalue weighted by molar-refractivity contribution is 8.26. The molecule has 3 rings (SSSR count). The van der Waals surface area contributed by atoms with E-state index >= 15 is 0 Å². The van der Waals surface area contributed by atoms with E-state index < -0.39 is 17.9 Å². The molecule has 0 radical (unpaired) electrons. The zero-order valence-electron chi connectivity index (χ0n) is 13.5. The number of carbonyl (C=O) groups is 2. The first-order valence-corrected chi connectivity index (χ1v) is 8.99. The van der Waals surface area contributed by atoms with Gasteiger partial charge in [-0.05, 0) is 35.8 Å². The van der Waals surface area contributed by atoms with Crippen LogP contribution in [0.25, 0.3) is 6.08 Å². The van der Waals surface area contributed by atoms with E-state index in [1.807, 2.05) is 6.07 Å². The Labute approximate surface area is 160 Å². The van der Waals surface area contributed by atoms with E-state index in [0.29, 0.717) is 10.5 Å². The van der Waals surface area contributed by atoms with Crippen LogP contribution in [0.1, 0.15) is 11.1 Å². The molecule has 1 saturated heterocycles. The minimum absolute atomic E-state index is 0.113. The Bertz CT molecular complexity index is 878. The first kappa shape index (κ1) is 18.2. The van der Waals surface area contributed by atoms with Crippen molar-refractivity contribution in [2.24, 2.45) is 0 Å². The van der Waals surface area contributed by atoms with Gasteiger partial charge in [-0.25, -0.2) is 0 Å². The van der Waals surface area contributed by atoms with Crippen molar-refractivity contribution in [3.8, 4) is 5.75 Å². The Morgan fingerprint density at radius 2 is 1.85 bits per heavy atom. The lowest BCUT2D eigenvalue weighted by molar-refractivity contribution is -0.310. The van der Waals surface area contributed by atoms with Crippen molar-refractivity contribution in [1.29, 1.82) is 0 Å². The number of benzene rings is 2. The summed E-state index contributed by atoms with van der Waals surface area (Å²) in [6.07, 6.45) is 1.73. The number of carboxylic acids is 1. The van der Waals surface area contributed by atoms with Crippen molar-refractivity contribution >= 4 is 46.3 Å². The summed E-state index contributed by atoms with van der Waals surface area (Å²) in [6.45, 7) is 0. The summed E-state index contributed by atoms with van der Waals surface area (Å²) in [5.74, 6) is -1.69. The van der Waals surface area contributed by atoms with E-state index in [4.69, 9.17) is 12.2 Å². The van der Waals surface area contributed by atoms with Gasteiger partial charge in [-0.15, -0.1) is 0 Å². The van der Waals surface area contributed by atoms with E-state index in [-0.39, 0.29) is 16.5 Å². The van der Waals surface area contributed by atoms with Crippen LogP contribution in [0.4, 0.5) is 0 Å². The third-order valence-electron chi connectivity index (χ3n) is 3.87. The van der Waals surface area contributed by atoms with Gasteiger partial charge in [-0.2, -0.15) is 0 Å². The zero-order valence-corrected chi connectivity index (χ0v) is 15.1. The van der Waals surface area contributed by atoms with Crippen LogP contribution in [-0.2, 0) is 16.0 Å². The third kappa shape index (κ3) is 3.95. The molecule has 0 saturated carbocycles. The Morgan fingerprint density at radius 3 is 2.46 bits per heavy atom. The minimum atomic E-state index is -1.35. The molecule has 132 valence electrons. The maximum absolute atomic E-state index is 12.7. The van der Waals surface area contributed by atoms with Gasteiger partial charge in [0.05, 0.1) is 16.9 Å². The Morgan fingerprint density at radius 1 is 1.19 bits per heavy atom. The van der Waals surface area contributed by atoms with Gasteiger partial charge in [0.15, 0.2) is 0 Å². The lowest BCUT2D eigenvalue weighted by Gasteiger charge is -2.27. The van der Waals surface area contributed by atoms with Gasteiger partial charge in [0.2, 0.25) is 0 Å². The average Bonchev–Trinajstić information content (AvgIpc) is 2.89. The molecule has 1 amide bonds. The molecular formula is C19H14NO4S2-. The summed E-state index contributed by atoms with van der Waals surface area (Å²) in [7, 11) is 0. The number of amides is 1. The van der Waals surface area contributed by atoms with Gasteiger partial charge in [-0.1, -0.05) is 66.4 Å². The average molecular weight is 384 g/mol. The number of aliphatic carboxylic acids is 1. The predicted molar refractivity (Wildman–Crippen MR) is 102 cm³/mol. The summed E-state index contributed by atoms with van der Waals surface area (Å²) in [4.78, 5) is 25.8. The second-order valence-electron chi connectivity index (χ2n) is 5.67. The first-order chi connectivity index (χ1) is 12.5. The molecule has 0 unspecified atom stereocenters. The van der Waals surface area contributed by atoms with Crippen molar-refractivity contribution in [2.75, 3.05) is 0 Å². The normalized spacial score (nSPS) is 16.9. The maximum atomic E-state index is 12.7. The van der Waals surface area contributed by atoms with E-state index in [9.17, 15) is 19.8 Å². The molecule has 0 aliphatic carbocycles. The van der Waals surface area contributed by atoms with Crippen LogP contribution in [0.3, 0.4) is 0 Å². The van der Waals surface area contributed by atoms with Crippen LogP contribution in [-0.4, -0.2) is 32.2 Å². The number of thiocarbonyl (C=S) groups is 1. The monoisotopic (exact) mass is 384 g/mol. The topological polar surface area (TPSA) is 80.7 Å². The predicted octanol–water partition coefficient (Wildman–Crippen LogP) is 1.95. The van der Waals surface area contributed by atoms with Gasteiger partial charge < -0.3 is 15.0 Å². The summed E-state index contributed by atoms with van der Waals surface area (Å²) < 4.78 is 0.185. The van der Waals surface area contributed by atoms with E-state index in [2.05, 4.69) is 0 Å². The number of thioether (sulfide) groups is 1. The molecule has 7 heteroatoms. The van der Waals surface area contributed by atoms with Crippen molar-refractivity contribution in [1.82, 2.24) is 4.90 Å². The van der Waals surface area contributed by atoms with Gasteiger partial charge in [0, 0.05) is 0 Å². The van der Waals surface area contributed by atoms with E-state index in [1.165, 1.54) is 12.1 Å². The lowest BCUT2D eigenvalue weighted by Crippen LogP contribution is -2.51. The Hall–Kier alpha value is -2.64. The quantitative estimate of drug-likeness (QED) is 0.627. The standard InChI is InChI=1S/C19H15NO4S2/c21-14-8-6-13(7-9-14)11-16-17(22)20(19(25)26-16)15(18(23)24)10-12-4-2-1-3-5-12/h1-9,11,15,21H,10H2,(H,23,24)/p-1/b16-11-/t15-/m1/s1. The molecule has 0 aromatic heterocycles. The number of nitrogens with zero attached hydrogens (tertiary/aromatic N) is 1. The Balaban J connectivity index is 1.86. The van der Waals surface area contributed by atoms with E-state index in [0.717, 1.165) is 22.2 Å². The number of hydrogen-bond donors (Lipinski definition) is 1. The van der Waals surface area contributed by atoms with Gasteiger partial charge in [0.1, 0.15) is 10.1 Å². The number of phenolic OH excluding ortho intramolecular Hbond substituents is 1. The summed E-state index contributed by atoms with van der Waals surface area (Å²) in [5.41, 5.74) is 1.48. The number of carboxylic acid groups (broad SMARTS) is 1. The van der Waals surface area contributed by atoms with Gasteiger partial charge in [-0.3, -0.25) is 9.69 Å². The van der Waals surface area contributed by atoms with Crippen LogP contribution < -0.4 is 5.11 Å². The molecule has 1 aliphatic heterocycles. The largest absolute Gasteiger partial charge is 0.548 e. The number of aromatic hydroxyl groups is 1. The second-order valence-corrected chi connectivity index (χ2v) is 7.34. The van der Waals surface area contributed by atoms with Gasteiger partial charge >= 0.3 is 0 Å². The highest BCUT2D eigenvalue weighted by atomic mass is 32.2. The molecule has 1 fully saturated rings. The third-order valence-corrected chi connectivity index (χ3v) is 5.20. The second kappa shape index (κ2) is 7.72. The maximum Gasteiger partial charge on any atom is 0.266 e. The Kier molecular flexibility index (Phi) is 5.39. The summed E-state index contributed by atoms with van der Waals surface area (Å²) in [6, 6.07) is 14.2. The fourth-order valence-electron chi connectivity index (χ4n) is 2.59. The van der Waals surface area contributed by atoms with Crippen molar-refractivity contribution < 1.29 is 19.8 Å². The summed E-state index contributed by atoms with van der Waals surface area (Å²) >= 11 is 6.29. The van der Waals surface area contributed by atoms with Crippen molar-refractivity contribution in [3.63, 3.8) is 0 Å². The molecule has 1 heterocycles. The number of carbonyl (C=O) groups excluding carboxylic acids is 2. The molecule has 2 aromatic rings. The van der Waals surface area contributed by atoms with Crippen LogP contribution >= 0.6 is 24.0 Å². The van der Waals surface area contributed by atoms with Crippen LogP contribution in [0.15, 0.2) is 59.5 Å². The zero-order chi connectivity index (χ0) is 18.7. The molecule has 1 atom stereocenters. The molecular weight excluding hydrogens is 370 g/mol. The molecule has 26 heavy (non-hydrogen) atoms. The smallest absolute Gasteiger partial charge is 0.266 e. The molecule has 2 aromatic carbocycles.